The summed E-state index contributed by atoms with van der Waals surface area (Å²) in [4.78, 5) is 17.2. The number of thioether (sulfide) groups is 1. The zero-order valence-electron chi connectivity index (χ0n) is 12.7. The van der Waals surface area contributed by atoms with E-state index in [-0.39, 0.29) is 17.1 Å². The maximum Gasteiger partial charge on any atom is 0.262 e. The lowest BCUT2D eigenvalue weighted by Crippen LogP contribution is -2.26. The summed E-state index contributed by atoms with van der Waals surface area (Å²) in [5, 5.41) is 10.5. The van der Waals surface area contributed by atoms with Gasteiger partial charge in [-0.15, -0.1) is 0 Å². The molecule has 2 atom stereocenters. The minimum atomic E-state index is -3.23. The monoisotopic (exact) mass is 354 g/mol. The molecule has 0 bridgehead atoms. The molecule has 0 saturated carbocycles. The summed E-state index contributed by atoms with van der Waals surface area (Å²) >= 11 is 1.18. The number of nitrogens with zero attached hydrogens (tertiary/aromatic N) is 2. The lowest BCUT2D eigenvalue weighted by molar-refractivity contribution is 0.207. The van der Waals surface area contributed by atoms with Crippen molar-refractivity contribution in [3.8, 4) is 0 Å². The number of hydrogen-bond acceptors (Lipinski definition) is 6. The summed E-state index contributed by atoms with van der Waals surface area (Å²) in [7, 11) is -3.23. The Morgan fingerprint density at radius 1 is 1.35 bits per heavy atom. The van der Waals surface area contributed by atoms with Crippen LogP contribution in [0.2, 0.25) is 0 Å². The smallest absolute Gasteiger partial charge is 0.262 e. The van der Waals surface area contributed by atoms with Gasteiger partial charge in [0.2, 0.25) is 0 Å². The van der Waals surface area contributed by atoms with Gasteiger partial charge in [-0.1, -0.05) is 30.8 Å². The van der Waals surface area contributed by atoms with Gasteiger partial charge in [-0.3, -0.25) is 9.36 Å². The van der Waals surface area contributed by atoms with E-state index in [1.807, 2.05) is 13.0 Å². The number of benzene rings is 1. The van der Waals surface area contributed by atoms with Crippen molar-refractivity contribution >= 4 is 32.5 Å². The van der Waals surface area contributed by atoms with Gasteiger partial charge in [0.05, 0.1) is 33.8 Å². The fraction of sp³-hybridized carbons (Fsp3) is 0.467. The Kier molecular flexibility index (Phi) is 4.48. The molecule has 1 fully saturated rings. The second-order valence-corrected chi connectivity index (χ2v) is 9.03. The molecule has 1 aromatic heterocycles. The van der Waals surface area contributed by atoms with Gasteiger partial charge in [0.1, 0.15) is 0 Å². The number of aliphatic hydroxyl groups excluding tert-OH is 1. The highest BCUT2D eigenvalue weighted by atomic mass is 32.2. The quantitative estimate of drug-likeness (QED) is 0.826. The van der Waals surface area contributed by atoms with E-state index in [0.717, 1.165) is 6.42 Å². The Hall–Kier alpha value is -1.38. The van der Waals surface area contributed by atoms with Gasteiger partial charge in [0.15, 0.2) is 15.0 Å². The van der Waals surface area contributed by atoms with Crippen LogP contribution in [0.1, 0.15) is 13.3 Å². The van der Waals surface area contributed by atoms with Gasteiger partial charge in [-0.05, 0) is 18.6 Å². The normalized spacial score (nSPS) is 23.4. The second-order valence-electron chi connectivity index (χ2n) is 5.67. The first-order chi connectivity index (χ1) is 10.9. The zero-order valence-corrected chi connectivity index (χ0v) is 14.3. The Morgan fingerprint density at radius 2 is 2.09 bits per heavy atom. The molecule has 1 aliphatic rings. The Labute approximate surface area is 138 Å². The molecule has 2 heterocycles. The third-order valence-electron chi connectivity index (χ3n) is 3.80. The Morgan fingerprint density at radius 3 is 2.74 bits per heavy atom. The molecule has 3 rings (SSSR count). The van der Waals surface area contributed by atoms with Crippen molar-refractivity contribution in [2.24, 2.45) is 0 Å². The zero-order chi connectivity index (χ0) is 16.6. The SMILES string of the molecule is CCCn1c(S[C@H]2CS(=O)(=O)C[C@H]2O)nc2ccccc2c1=O. The van der Waals surface area contributed by atoms with Gasteiger partial charge >= 0.3 is 0 Å². The molecule has 1 saturated heterocycles. The van der Waals surface area contributed by atoms with Crippen LogP contribution >= 0.6 is 11.8 Å². The predicted octanol–water partition coefficient (Wildman–Crippen LogP) is 1.06. The highest BCUT2D eigenvalue weighted by Crippen LogP contribution is 2.30. The fourth-order valence-corrected chi connectivity index (χ4v) is 6.31. The van der Waals surface area contributed by atoms with Crippen molar-refractivity contribution in [3.05, 3.63) is 34.6 Å². The number of aliphatic hydroxyl groups is 1. The van der Waals surface area contributed by atoms with E-state index in [1.165, 1.54) is 11.8 Å². The summed E-state index contributed by atoms with van der Waals surface area (Å²) in [6.45, 7) is 2.47. The minimum absolute atomic E-state index is 0.0896. The van der Waals surface area contributed by atoms with Gasteiger partial charge < -0.3 is 5.11 Å². The standard InChI is InChI=1S/C15H18N2O4S2/c1-2-7-17-14(19)10-5-3-4-6-11(10)16-15(17)22-13-9-23(20,21)8-12(13)18/h3-6,12-13,18H,2,7-9H2,1H3/t12-,13+/m1/s1. The van der Waals surface area contributed by atoms with E-state index in [0.29, 0.717) is 22.6 Å². The molecule has 0 radical (unpaired) electrons. The minimum Gasteiger partial charge on any atom is -0.391 e. The lowest BCUT2D eigenvalue weighted by atomic mass is 10.2. The average Bonchev–Trinajstić information content (AvgIpc) is 2.75. The van der Waals surface area contributed by atoms with Crippen LogP contribution < -0.4 is 5.56 Å². The molecule has 23 heavy (non-hydrogen) atoms. The van der Waals surface area contributed by atoms with Crippen molar-refractivity contribution in [3.63, 3.8) is 0 Å². The first kappa shape index (κ1) is 16.5. The average molecular weight is 354 g/mol. The topological polar surface area (TPSA) is 89.3 Å². The number of rotatable bonds is 4. The van der Waals surface area contributed by atoms with E-state index >= 15 is 0 Å². The van der Waals surface area contributed by atoms with Crippen molar-refractivity contribution in [1.29, 1.82) is 0 Å². The number of para-hydroxylation sites is 1. The van der Waals surface area contributed by atoms with Crippen LogP contribution in [-0.4, -0.2) is 45.9 Å². The summed E-state index contributed by atoms with van der Waals surface area (Å²) in [6.07, 6.45) is -0.164. The van der Waals surface area contributed by atoms with Crippen LogP contribution in [0.3, 0.4) is 0 Å². The third-order valence-corrected chi connectivity index (χ3v) is 7.04. The molecule has 2 aromatic rings. The van der Waals surface area contributed by atoms with Crippen molar-refractivity contribution < 1.29 is 13.5 Å². The van der Waals surface area contributed by atoms with Crippen molar-refractivity contribution in [2.75, 3.05) is 11.5 Å². The van der Waals surface area contributed by atoms with Gasteiger partial charge in [-0.2, -0.15) is 0 Å². The van der Waals surface area contributed by atoms with Crippen LogP contribution in [0.15, 0.2) is 34.2 Å². The molecule has 0 aliphatic carbocycles. The molecule has 0 amide bonds. The van der Waals surface area contributed by atoms with Crippen LogP contribution in [0, 0.1) is 0 Å². The number of hydrogen-bond donors (Lipinski definition) is 1. The molecule has 0 spiro atoms. The first-order valence-corrected chi connectivity index (χ1v) is 10.2. The Bertz CT molecular complexity index is 892. The summed E-state index contributed by atoms with van der Waals surface area (Å²) in [5.74, 6) is -0.316. The van der Waals surface area contributed by atoms with E-state index < -0.39 is 21.2 Å². The molecule has 1 aliphatic heterocycles. The highest BCUT2D eigenvalue weighted by Gasteiger charge is 2.38. The van der Waals surface area contributed by atoms with Gasteiger partial charge in [0.25, 0.3) is 5.56 Å². The maximum atomic E-state index is 12.7. The summed E-state index contributed by atoms with van der Waals surface area (Å²) < 4.78 is 24.9. The van der Waals surface area contributed by atoms with Gasteiger partial charge in [-0.25, -0.2) is 13.4 Å². The van der Waals surface area contributed by atoms with Gasteiger partial charge in [0, 0.05) is 6.54 Å². The molecule has 6 nitrogen and oxygen atoms in total. The van der Waals surface area contributed by atoms with Crippen molar-refractivity contribution in [2.45, 2.75) is 36.4 Å². The first-order valence-electron chi connectivity index (χ1n) is 7.46. The van der Waals surface area contributed by atoms with Crippen LogP contribution in [0.25, 0.3) is 10.9 Å². The van der Waals surface area contributed by atoms with E-state index in [4.69, 9.17) is 0 Å². The highest BCUT2D eigenvalue weighted by molar-refractivity contribution is 8.01. The number of aromatic nitrogens is 2. The van der Waals surface area contributed by atoms with E-state index in [9.17, 15) is 18.3 Å². The predicted molar refractivity (Wildman–Crippen MR) is 90.6 cm³/mol. The van der Waals surface area contributed by atoms with Crippen molar-refractivity contribution in [1.82, 2.24) is 9.55 Å². The molecular formula is C15H18N2O4S2. The molecule has 8 heteroatoms. The fourth-order valence-electron chi connectivity index (χ4n) is 2.70. The molecule has 0 unspecified atom stereocenters. The second kappa shape index (κ2) is 6.26. The lowest BCUT2D eigenvalue weighted by Gasteiger charge is -2.16. The van der Waals surface area contributed by atoms with E-state index in [1.54, 1.807) is 22.8 Å². The molecule has 1 aromatic carbocycles. The third kappa shape index (κ3) is 3.29. The Balaban J connectivity index is 2.06. The van der Waals surface area contributed by atoms with E-state index in [2.05, 4.69) is 4.98 Å². The molecule has 124 valence electrons. The van der Waals surface area contributed by atoms with Crippen LogP contribution in [0.5, 0.6) is 0 Å². The van der Waals surface area contributed by atoms with Crippen LogP contribution in [0.4, 0.5) is 0 Å². The molecular weight excluding hydrogens is 336 g/mol. The number of sulfone groups is 1. The maximum absolute atomic E-state index is 12.7. The van der Waals surface area contributed by atoms with Crippen LogP contribution in [-0.2, 0) is 16.4 Å². The largest absolute Gasteiger partial charge is 0.391 e. The summed E-state index contributed by atoms with van der Waals surface area (Å²) in [5.41, 5.74) is 0.456. The number of fused-ring (bicyclic) bond motifs is 1. The summed E-state index contributed by atoms with van der Waals surface area (Å²) in [6, 6.07) is 7.10. The molecule has 1 N–H and O–H groups in total.